The molecule has 24 heavy (non-hydrogen) atoms. The van der Waals surface area contributed by atoms with Crippen molar-refractivity contribution in [1.29, 1.82) is 0 Å². The Hall–Kier alpha value is -1.50. The number of rotatable bonds is 2. The lowest BCUT2D eigenvalue weighted by atomic mass is 9.85. The Kier molecular flexibility index (Phi) is 4.06. The SMILES string of the molecule is CC(=O)c1ccc(C(=O)N2CCC3(CC2)OCCc2ccsc23)s1. The van der Waals surface area contributed by atoms with E-state index >= 15 is 0 Å². The number of ether oxygens (including phenoxy) is 1. The van der Waals surface area contributed by atoms with Crippen LogP contribution < -0.4 is 0 Å². The number of thiophene rings is 2. The highest BCUT2D eigenvalue weighted by Crippen LogP contribution is 2.44. The lowest BCUT2D eigenvalue weighted by Gasteiger charge is -2.43. The van der Waals surface area contributed by atoms with Gasteiger partial charge in [0, 0.05) is 18.0 Å². The Morgan fingerprint density at radius 2 is 1.92 bits per heavy atom. The number of amides is 1. The summed E-state index contributed by atoms with van der Waals surface area (Å²) in [4.78, 5) is 28.7. The number of ketones is 1. The molecule has 2 aliphatic heterocycles. The Bertz CT molecular complexity index is 784. The van der Waals surface area contributed by atoms with Gasteiger partial charge >= 0.3 is 0 Å². The van der Waals surface area contributed by atoms with Crippen molar-refractivity contribution in [3.05, 3.63) is 43.8 Å². The molecule has 1 saturated heterocycles. The molecule has 2 aromatic rings. The van der Waals surface area contributed by atoms with Crippen molar-refractivity contribution in [3.8, 4) is 0 Å². The number of nitrogens with zero attached hydrogens (tertiary/aromatic N) is 1. The van der Waals surface area contributed by atoms with Gasteiger partial charge in [0.1, 0.15) is 5.60 Å². The average molecular weight is 361 g/mol. The van der Waals surface area contributed by atoms with E-state index in [0.717, 1.165) is 25.9 Å². The highest BCUT2D eigenvalue weighted by Gasteiger charge is 2.42. The smallest absolute Gasteiger partial charge is 0.263 e. The third-order valence-corrected chi connectivity index (χ3v) is 7.25. The molecule has 126 valence electrons. The maximum Gasteiger partial charge on any atom is 0.263 e. The van der Waals surface area contributed by atoms with E-state index in [-0.39, 0.29) is 17.3 Å². The van der Waals surface area contributed by atoms with Gasteiger partial charge < -0.3 is 9.64 Å². The highest BCUT2D eigenvalue weighted by molar-refractivity contribution is 7.16. The van der Waals surface area contributed by atoms with E-state index in [0.29, 0.717) is 22.8 Å². The molecule has 0 bridgehead atoms. The number of likely N-dealkylation sites (tertiary alicyclic amines) is 1. The van der Waals surface area contributed by atoms with E-state index in [4.69, 9.17) is 4.74 Å². The van der Waals surface area contributed by atoms with Crippen LogP contribution in [0.25, 0.3) is 0 Å². The van der Waals surface area contributed by atoms with E-state index in [1.165, 1.54) is 28.7 Å². The van der Waals surface area contributed by atoms with Crippen LogP contribution in [-0.4, -0.2) is 36.3 Å². The molecule has 0 aromatic carbocycles. The monoisotopic (exact) mass is 361 g/mol. The van der Waals surface area contributed by atoms with Crippen LogP contribution in [0.15, 0.2) is 23.6 Å². The highest BCUT2D eigenvalue weighted by atomic mass is 32.1. The Morgan fingerprint density at radius 1 is 1.17 bits per heavy atom. The Labute approximate surface area is 149 Å². The van der Waals surface area contributed by atoms with Gasteiger partial charge in [-0.25, -0.2) is 0 Å². The van der Waals surface area contributed by atoms with Crippen LogP contribution in [0.2, 0.25) is 0 Å². The second kappa shape index (κ2) is 6.10. The Morgan fingerprint density at radius 3 is 2.62 bits per heavy atom. The zero-order chi connectivity index (χ0) is 16.7. The van der Waals surface area contributed by atoms with Crippen molar-refractivity contribution < 1.29 is 14.3 Å². The van der Waals surface area contributed by atoms with Crippen LogP contribution >= 0.6 is 22.7 Å². The molecule has 1 spiro atoms. The van der Waals surface area contributed by atoms with Gasteiger partial charge in [-0.15, -0.1) is 22.7 Å². The number of carbonyl (C=O) groups is 2. The summed E-state index contributed by atoms with van der Waals surface area (Å²) >= 11 is 3.07. The van der Waals surface area contributed by atoms with E-state index in [2.05, 4.69) is 11.4 Å². The number of Topliss-reactive ketones (excluding diaryl/α,β-unsaturated/α-hetero) is 1. The molecular formula is C18H19NO3S2. The van der Waals surface area contributed by atoms with E-state index < -0.39 is 0 Å². The fraction of sp³-hybridized carbons (Fsp3) is 0.444. The van der Waals surface area contributed by atoms with Crippen LogP contribution in [0.3, 0.4) is 0 Å². The number of piperidine rings is 1. The molecule has 4 rings (SSSR count). The van der Waals surface area contributed by atoms with E-state index in [1.54, 1.807) is 23.5 Å². The van der Waals surface area contributed by atoms with Gasteiger partial charge in [0.05, 0.1) is 16.4 Å². The molecule has 0 saturated carbocycles. The standard InChI is InChI=1S/C18H19NO3S2/c1-12(20)14-2-3-15(24-14)17(21)19-8-6-18(7-9-19)16-13(4-10-22-18)5-11-23-16/h2-3,5,11H,4,6-10H2,1H3. The largest absolute Gasteiger partial charge is 0.369 e. The molecular weight excluding hydrogens is 342 g/mol. The lowest BCUT2D eigenvalue weighted by Crippen LogP contribution is -2.47. The molecule has 2 aromatic heterocycles. The number of carbonyl (C=O) groups excluding carboxylic acids is 2. The van der Waals surface area contributed by atoms with Crippen molar-refractivity contribution in [1.82, 2.24) is 4.90 Å². The molecule has 0 atom stereocenters. The summed E-state index contributed by atoms with van der Waals surface area (Å²) in [5.41, 5.74) is 1.22. The third kappa shape index (κ3) is 2.62. The molecule has 2 aliphatic rings. The number of hydrogen-bond donors (Lipinski definition) is 0. The van der Waals surface area contributed by atoms with Gasteiger partial charge in [-0.1, -0.05) is 0 Å². The quantitative estimate of drug-likeness (QED) is 0.766. The molecule has 4 heterocycles. The first-order chi connectivity index (χ1) is 11.6. The first-order valence-electron chi connectivity index (χ1n) is 8.20. The van der Waals surface area contributed by atoms with Gasteiger partial charge in [0.25, 0.3) is 5.91 Å². The minimum absolute atomic E-state index is 0.0116. The summed E-state index contributed by atoms with van der Waals surface area (Å²) in [6.45, 7) is 3.70. The molecule has 0 radical (unpaired) electrons. The van der Waals surface area contributed by atoms with E-state index in [9.17, 15) is 9.59 Å². The van der Waals surface area contributed by atoms with Gasteiger partial charge in [-0.3, -0.25) is 9.59 Å². The van der Waals surface area contributed by atoms with Crippen LogP contribution in [0.4, 0.5) is 0 Å². The molecule has 1 amide bonds. The first-order valence-corrected chi connectivity index (χ1v) is 9.89. The summed E-state index contributed by atoms with van der Waals surface area (Å²) in [6.07, 6.45) is 2.68. The second-order valence-electron chi connectivity index (χ2n) is 6.38. The molecule has 0 unspecified atom stereocenters. The predicted octanol–water partition coefficient (Wildman–Crippen LogP) is 3.72. The molecule has 4 nitrogen and oxygen atoms in total. The molecule has 6 heteroatoms. The van der Waals surface area contributed by atoms with Crippen LogP contribution in [0.1, 0.15) is 49.5 Å². The fourth-order valence-electron chi connectivity index (χ4n) is 3.59. The van der Waals surface area contributed by atoms with Crippen LogP contribution in [0.5, 0.6) is 0 Å². The normalized spacial score (nSPS) is 19.3. The maximum atomic E-state index is 12.7. The maximum absolute atomic E-state index is 12.7. The minimum atomic E-state index is -0.196. The Balaban J connectivity index is 1.48. The number of hydrogen-bond acceptors (Lipinski definition) is 5. The summed E-state index contributed by atoms with van der Waals surface area (Å²) in [6, 6.07) is 5.72. The average Bonchev–Trinajstić information content (AvgIpc) is 3.25. The predicted molar refractivity (Wildman–Crippen MR) is 95.1 cm³/mol. The fourth-order valence-corrected chi connectivity index (χ4v) is 5.63. The molecule has 1 fully saturated rings. The topological polar surface area (TPSA) is 46.6 Å². The van der Waals surface area contributed by atoms with Gasteiger partial charge in [-0.05, 0) is 55.3 Å². The van der Waals surface area contributed by atoms with Gasteiger partial charge in [0.2, 0.25) is 0 Å². The summed E-state index contributed by atoms with van der Waals surface area (Å²) in [5, 5.41) is 2.15. The third-order valence-electron chi connectivity index (χ3n) is 4.93. The van der Waals surface area contributed by atoms with Crippen molar-refractivity contribution in [2.45, 2.75) is 31.8 Å². The minimum Gasteiger partial charge on any atom is -0.369 e. The van der Waals surface area contributed by atoms with E-state index in [1.807, 2.05) is 4.90 Å². The van der Waals surface area contributed by atoms with Gasteiger partial charge in [0.15, 0.2) is 5.78 Å². The van der Waals surface area contributed by atoms with Crippen molar-refractivity contribution >= 4 is 34.4 Å². The molecule has 0 N–H and O–H groups in total. The number of fused-ring (bicyclic) bond motifs is 2. The summed E-state index contributed by atoms with van der Waals surface area (Å²) in [5.74, 6) is 0.0436. The lowest BCUT2D eigenvalue weighted by molar-refractivity contribution is -0.0905. The van der Waals surface area contributed by atoms with Gasteiger partial charge in [-0.2, -0.15) is 0 Å². The van der Waals surface area contributed by atoms with Crippen LogP contribution in [-0.2, 0) is 16.8 Å². The first kappa shape index (κ1) is 16.0. The summed E-state index contributed by atoms with van der Waals surface area (Å²) in [7, 11) is 0. The van der Waals surface area contributed by atoms with Crippen molar-refractivity contribution in [2.75, 3.05) is 19.7 Å². The zero-order valence-corrected chi connectivity index (χ0v) is 15.2. The van der Waals surface area contributed by atoms with Crippen molar-refractivity contribution in [2.24, 2.45) is 0 Å². The summed E-state index contributed by atoms with van der Waals surface area (Å²) < 4.78 is 6.19. The molecule has 0 aliphatic carbocycles. The zero-order valence-electron chi connectivity index (χ0n) is 13.5. The van der Waals surface area contributed by atoms with Crippen LogP contribution in [0, 0.1) is 0 Å². The second-order valence-corrected chi connectivity index (χ2v) is 8.38. The van der Waals surface area contributed by atoms with Crippen molar-refractivity contribution in [3.63, 3.8) is 0 Å².